The second-order valence-corrected chi connectivity index (χ2v) is 11.6. The normalized spacial score (nSPS) is 17.3. The standard InChI is InChI=1S/C23H30N4O5S2/c1-4-26-10-9-18-19(15-26)33-22(20(18)23(29)25(2)3)24-21(28)16-5-7-17(8-6-16)34(30,31)27-11-13-32-14-12-27/h5-8H,4,9-15H2,1-3H3,(H,24,28). The Bertz CT molecular complexity index is 1170. The van der Waals surface area contributed by atoms with E-state index in [4.69, 9.17) is 4.74 Å². The van der Waals surface area contributed by atoms with Gasteiger partial charge in [0.25, 0.3) is 11.8 Å². The SMILES string of the molecule is CCN1CCc2c(sc(NC(=O)c3ccc(S(=O)(=O)N4CCOCC4)cc3)c2C(=O)N(C)C)C1. The second kappa shape index (κ2) is 10.1. The van der Waals surface area contributed by atoms with E-state index in [1.54, 1.807) is 14.1 Å². The zero-order chi connectivity index (χ0) is 24.5. The molecule has 1 N–H and O–H groups in total. The van der Waals surface area contributed by atoms with Crippen LogP contribution in [0.2, 0.25) is 0 Å². The van der Waals surface area contributed by atoms with Crippen LogP contribution in [0.3, 0.4) is 0 Å². The highest BCUT2D eigenvalue weighted by molar-refractivity contribution is 7.89. The third-order valence-corrected chi connectivity index (χ3v) is 9.20. The minimum atomic E-state index is -3.63. The average molecular weight is 507 g/mol. The number of nitrogens with zero attached hydrogens (tertiary/aromatic N) is 3. The number of thiophene rings is 1. The molecule has 2 aromatic rings. The fraction of sp³-hybridized carbons (Fsp3) is 0.478. The van der Waals surface area contributed by atoms with Gasteiger partial charge >= 0.3 is 0 Å². The highest BCUT2D eigenvalue weighted by Crippen LogP contribution is 2.38. The molecular weight excluding hydrogens is 476 g/mol. The van der Waals surface area contributed by atoms with Crippen LogP contribution in [-0.4, -0.2) is 87.8 Å². The maximum atomic E-state index is 13.0. The molecule has 4 rings (SSSR count). The number of carbonyl (C=O) groups excluding carboxylic acids is 2. The third kappa shape index (κ3) is 4.89. The summed E-state index contributed by atoms with van der Waals surface area (Å²) in [5.41, 5.74) is 1.89. The molecule has 0 saturated carbocycles. The largest absolute Gasteiger partial charge is 0.379 e. The summed E-state index contributed by atoms with van der Waals surface area (Å²) >= 11 is 1.44. The van der Waals surface area contributed by atoms with Gasteiger partial charge in [0, 0.05) is 50.7 Å². The summed E-state index contributed by atoms with van der Waals surface area (Å²) in [5, 5.41) is 3.45. The fourth-order valence-corrected chi connectivity index (χ4v) is 6.84. The molecule has 184 valence electrons. The van der Waals surface area contributed by atoms with Gasteiger partial charge in [-0.1, -0.05) is 6.92 Å². The summed E-state index contributed by atoms with van der Waals surface area (Å²) < 4.78 is 32.3. The summed E-state index contributed by atoms with van der Waals surface area (Å²) in [6, 6.07) is 5.90. The van der Waals surface area contributed by atoms with Crippen LogP contribution in [0.25, 0.3) is 0 Å². The molecular formula is C23H30N4O5S2. The van der Waals surface area contributed by atoms with E-state index < -0.39 is 10.0 Å². The lowest BCUT2D eigenvalue weighted by atomic mass is 10.0. The van der Waals surface area contributed by atoms with Crippen LogP contribution in [0.5, 0.6) is 0 Å². The van der Waals surface area contributed by atoms with Crippen LogP contribution in [0.15, 0.2) is 29.2 Å². The quantitative estimate of drug-likeness (QED) is 0.644. The van der Waals surface area contributed by atoms with Crippen molar-refractivity contribution in [2.75, 3.05) is 58.8 Å². The van der Waals surface area contributed by atoms with Gasteiger partial charge in [-0.2, -0.15) is 4.31 Å². The van der Waals surface area contributed by atoms with Crippen molar-refractivity contribution >= 4 is 38.2 Å². The van der Waals surface area contributed by atoms with Gasteiger partial charge in [0.1, 0.15) is 5.00 Å². The Hall–Kier alpha value is -2.31. The summed E-state index contributed by atoms with van der Waals surface area (Å²) in [6.45, 7) is 6.03. The van der Waals surface area contributed by atoms with Crippen molar-refractivity contribution in [1.29, 1.82) is 0 Å². The Balaban J connectivity index is 1.57. The zero-order valence-electron chi connectivity index (χ0n) is 19.7. The van der Waals surface area contributed by atoms with Crippen molar-refractivity contribution in [3.05, 3.63) is 45.8 Å². The Morgan fingerprint density at radius 1 is 1.12 bits per heavy atom. The van der Waals surface area contributed by atoms with Gasteiger partial charge in [0.2, 0.25) is 10.0 Å². The Morgan fingerprint density at radius 3 is 2.41 bits per heavy atom. The van der Waals surface area contributed by atoms with Gasteiger partial charge in [-0.15, -0.1) is 11.3 Å². The molecule has 3 heterocycles. The molecule has 0 atom stereocenters. The van der Waals surface area contributed by atoms with Gasteiger partial charge in [-0.05, 0) is 42.8 Å². The highest BCUT2D eigenvalue weighted by Gasteiger charge is 2.30. The van der Waals surface area contributed by atoms with Crippen LogP contribution >= 0.6 is 11.3 Å². The number of morpholine rings is 1. The fourth-order valence-electron chi connectivity index (χ4n) is 4.15. The Labute approximate surface area is 204 Å². The van der Waals surface area contributed by atoms with Crippen molar-refractivity contribution in [3.63, 3.8) is 0 Å². The number of ether oxygens (including phenoxy) is 1. The zero-order valence-corrected chi connectivity index (χ0v) is 21.3. The number of amides is 2. The lowest BCUT2D eigenvalue weighted by molar-refractivity contribution is 0.0730. The molecule has 2 aliphatic heterocycles. The van der Waals surface area contributed by atoms with Crippen LogP contribution < -0.4 is 5.32 Å². The first kappa shape index (κ1) is 24.8. The van der Waals surface area contributed by atoms with E-state index in [-0.39, 0.29) is 16.7 Å². The molecule has 2 amide bonds. The van der Waals surface area contributed by atoms with Crippen LogP contribution in [-0.2, 0) is 27.7 Å². The first-order valence-corrected chi connectivity index (χ1v) is 13.6. The first-order chi connectivity index (χ1) is 16.2. The second-order valence-electron chi connectivity index (χ2n) is 8.52. The van der Waals surface area contributed by atoms with Crippen LogP contribution in [0, 0.1) is 0 Å². The molecule has 1 fully saturated rings. The van der Waals surface area contributed by atoms with Gasteiger partial charge in [0.15, 0.2) is 0 Å². The van der Waals surface area contributed by atoms with E-state index in [1.807, 2.05) is 0 Å². The van der Waals surface area contributed by atoms with Gasteiger partial charge < -0.3 is 15.0 Å². The van der Waals surface area contributed by atoms with E-state index in [2.05, 4.69) is 17.1 Å². The first-order valence-electron chi connectivity index (χ1n) is 11.3. The molecule has 2 aliphatic rings. The van der Waals surface area contributed by atoms with E-state index in [0.717, 1.165) is 36.5 Å². The number of anilines is 1. The maximum absolute atomic E-state index is 13.0. The van der Waals surface area contributed by atoms with Gasteiger partial charge in [-0.25, -0.2) is 8.42 Å². The van der Waals surface area contributed by atoms with Crippen LogP contribution in [0.4, 0.5) is 5.00 Å². The lowest BCUT2D eigenvalue weighted by Gasteiger charge is -2.26. The predicted molar refractivity (Wildman–Crippen MR) is 131 cm³/mol. The highest BCUT2D eigenvalue weighted by atomic mass is 32.2. The number of carbonyl (C=O) groups is 2. The molecule has 1 saturated heterocycles. The number of benzene rings is 1. The van der Waals surface area contributed by atoms with Crippen LogP contribution in [0.1, 0.15) is 38.1 Å². The summed E-state index contributed by atoms with van der Waals surface area (Å²) in [6.07, 6.45) is 0.762. The van der Waals surface area contributed by atoms with Crippen molar-refractivity contribution < 1.29 is 22.7 Å². The molecule has 34 heavy (non-hydrogen) atoms. The number of fused-ring (bicyclic) bond motifs is 1. The van der Waals surface area contributed by atoms with Crippen molar-refractivity contribution in [3.8, 4) is 0 Å². The van der Waals surface area contributed by atoms with Gasteiger partial charge in [0.05, 0.1) is 23.7 Å². The predicted octanol–water partition coefficient (Wildman–Crippen LogP) is 2.10. The third-order valence-electron chi connectivity index (χ3n) is 6.15. The number of likely N-dealkylation sites (N-methyl/N-ethyl adjacent to an activating group) is 1. The number of rotatable bonds is 6. The molecule has 9 nitrogen and oxygen atoms in total. The van der Waals surface area contributed by atoms with Crippen molar-refractivity contribution in [2.24, 2.45) is 0 Å². The molecule has 0 aliphatic carbocycles. The maximum Gasteiger partial charge on any atom is 0.256 e. The smallest absolute Gasteiger partial charge is 0.256 e. The Morgan fingerprint density at radius 2 is 1.79 bits per heavy atom. The molecule has 0 spiro atoms. The average Bonchev–Trinajstić information content (AvgIpc) is 3.20. The van der Waals surface area contributed by atoms with E-state index >= 15 is 0 Å². The minimum Gasteiger partial charge on any atom is -0.379 e. The van der Waals surface area contributed by atoms with E-state index in [9.17, 15) is 18.0 Å². The van der Waals surface area contributed by atoms with E-state index in [0.29, 0.717) is 42.4 Å². The van der Waals surface area contributed by atoms with E-state index in [1.165, 1.54) is 44.8 Å². The monoisotopic (exact) mass is 506 g/mol. The number of hydrogen-bond acceptors (Lipinski definition) is 7. The van der Waals surface area contributed by atoms with Gasteiger partial charge in [-0.3, -0.25) is 14.5 Å². The van der Waals surface area contributed by atoms with Crippen molar-refractivity contribution in [1.82, 2.24) is 14.1 Å². The Kier molecular flexibility index (Phi) is 7.39. The summed E-state index contributed by atoms with van der Waals surface area (Å²) in [5.74, 6) is -0.515. The molecule has 11 heteroatoms. The number of nitrogens with one attached hydrogen (secondary N) is 1. The number of hydrogen-bond donors (Lipinski definition) is 1. The molecule has 0 bridgehead atoms. The molecule has 0 unspecified atom stereocenters. The summed E-state index contributed by atoms with van der Waals surface area (Å²) in [4.78, 5) is 31.1. The molecule has 1 aromatic heterocycles. The topological polar surface area (TPSA) is 99.3 Å². The molecule has 0 radical (unpaired) electrons. The molecule has 1 aromatic carbocycles. The minimum absolute atomic E-state index is 0.135. The lowest BCUT2D eigenvalue weighted by Crippen LogP contribution is -2.40. The number of sulfonamides is 1. The summed E-state index contributed by atoms with van der Waals surface area (Å²) in [7, 11) is -0.230. The van der Waals surface area contributed by atoms with Crippen molar-refractivity contribution in [2.45, 2.75) is 24.8 Å².